The number of thiophene rings is 1. The van der Waals surface area contributed by atoms with E-state index < -0.39 is 10.0 Å². The van der Waals surface area contributed by atoms with Crippen LogP contribution < -0.4 is 20.3 Å². The fraction of sp³-hybridized carbons (Fsp3) is 0.667. The first-order chi connectivity index (χ1) is 11.5. The molecule has 2 heterocycles. The molecule has 3 N–H and O–H groups in total. The summed E-state index contributed by atoms with van der Waals surface area (Å²) in [7, 11) is -3.15. The van der Waals surface area contributed by atoms with Gasteiger partial charge < -0.3 is 15.5 Å². The van der Waals surface area contributed by atoms with E-state index in [1.54, 1.807) is 11.3 Å². The van der Waals surface area contributed by atoms with E-state index in [0.717, 1.165) is 44.7 Å². The molecular weight excluding hydrogens is 346 g/mol. The first kappa shape index (κ1) is 19.0. The van der Waals surface area contributed by atoms with E-state index in [1.165, 1.54) is 5.00 Å². The lowest BCUT2D eigenvalue weighted by atomic mass is 10.1. The van der Waals surface area contributed by atoms with Gasteiger partial charge in [0.05, 0.1) is 17.8 Å². The lowest BCUT2D eigenvalue weighted by Gasteiger charge is -2.33. The van der Waals surface area contributed by atoms with Crippen LogP contribution in [0.25, 0.3) is 0 Å². The van der Waals surface area contributed by atoms with Crippen LogP contribution in [0.5, 0.6) is 0 Å². The largest absolute Gasteiger partial charge is 0.363 e. The number of guanidine groups is 1. The summed E-state index contributed by atoms with van der Waals surface area (Å²) >= 11 is 1.78. The molecule has 7 nitrogen and oxygen atoms in total. The number of aliphatic imine (C=N–C) groups is 1. The van der Waals surface area contributed by atoms with Gasteiger partial charge in [-0.3, -0.25) is 4.99 Å². The lowest BCUT2D eigenvalue weighted by molar-refractivity contribution is 0.463. The molecule has 1 aromatic heterocycles. The molecule has 24 heavy (non-hydrogen) atoms. The van der Waals surface area contributed by atoms with Crippen LogP contribution in [-0.4, -0.2) is 59.4 Å². The van der Waals surface area contributed by atoms with Crippen LogP contribution in [0.1, 0.15) is 19.8 Å². The highest BCUT2D eigenvalue weighted by Gasteiger charge is 2.20. The van der Waals surface area contributed by atoms with Crippen molar-refractivity contribution in [3.8, 4) is 0 Å². The Balaban J connectivity index is 1.78. The molecule has 0 aliphatic carbocycles. The number of piperidine rings is 1. The topological polar surface area (TPSA) is 85.8 Å². The Morgan fingerprint density at radius 2 is 2.17 bits per heavy atom. The average molecular weight is 374 g/mol. The first-order valence-electron chi connectivity index (χ1n) is 8.26. The zero-order chi connectivity index (χ0) is 17.4. The van der Waals surface area contributed by atoms with Gasteiger partial charge in [-0.05, 0) is 37.3 Å². The van der Waals surface area contributed by atoms with Crippen molar-refractivity contribution in [3.05, 3.63) is 17.5 Å². The normalized spacial score (nSPS) is 17.1. The third-order valence-corrected chi connectivity index (χ3v) is 5.40. The highest BCUT2D eigenvalue weighted by molar-refractivity contribution is 7.88. The van der Waals surface area contributed by atoms with Crippen LogP contribution in [0.3, 0.4) is 0 Å². The number of hydrogen-bond donors (Lipinski definition) is 3. The number of rotatable bonds is 7. The zero-order valence-corrected chi connectivity index (χ0v) is 15.9. The summed E-state index contributed by atoms with van der Waals surface area (Å²) in [6.07, 6.45) is 3.27. The molecule has 0 spiro atoms. The SMILES string of the molecule is CCNC(=NCCNS(C)(=O)=O)NC1CCN(c2cccs2)CC1. The number of hydrogen-bond acceptors (Lipinski definition) is 5. The number of sulfonamides is 1. The fourth-order valence-electron chi connectivity index (χ4n) is 2.61. The Morgan fingerprint density at radius 1 is 1.42 bits per heavy atom. The minimum absolute atomic E-state index is 0.312. The predicted molar refractivity (Wildman–Crippen MR) is 102 cm³/mol. The van der Waals surface area contributed by atoms with E-state index in [1.807, 2.05) is 6.92 Å². The maximum atomic E-state index is 11.1. The van der Waals surface area contributed by atoms with Gasteiger partial charge in [0.1, 0.15) is 0 Å². The number of nitrogens with one attached hydrogen (secondary N) is 3. The van der Waals surface area contributed by atoms with Gasteiger partial charge in [-0.2, -0.15) is 0 Å². The molecule has 1 saturated heterocycles. The van der Waals surface area contributed by atoms with Gasteiger partial charge in [0.25, 0.3) is 0 Å². The van der Waals surface area contributed by atoms with Crippen molar-refractivity contribution in [1.82, 2.24) is 15.4 Å². The second-order valence-electron chi connectivity index (χ2n) is 5.78. The Bertz CT molecular complexity index is 608. The van der Waals surface area contributed by atoms with Crippen LogP contribution in [-0.2, 0) is 10.0 Å². The Labute approximate surface area is 148 Å². The summed E-state index contributed by atoms with van der Waals surface area (Å²) in [5.74, 6) is 0.752. The average Bonchev–Trinajstić information content (AvgIpc) is 3.06. The molecule has 0 radical (unpaired) electrons. The van der Waals surface area contributed by atoms with Gasteiger partial charge >= 0.3 is 0 Å². The standard InChI is InChI=1S/C15H27N5O2S2/c1-3-16-15(17-8-9-18-24(2,21)22)19-13-6-10-20(11-7-13)14-5-4-12-23-14/h4-5,12-13,18H,3,6-11H2,1-2H3,(H2,16,17,19). The van der Waals surface area contributed by atoms with Crippen molar-refractivity contribution in [2.24, 2.45) is 4.99 Å². The van der Waals surface area contributed by atoms with Crippen molar-refractivity contribution in [3.63, 3.8) is 0 Å². The number of nitrogens with zero attached hydrogens (tertiary/aromatic N) is 2. The quantitative estimate of drug-likeness (QED) is 0.374. The summed E-state index contributed by atoms with van der Waals surface area (Å²) in [5, 5.41) is 10.1. The van der Waals surface area contributed by atoms with Crippen molar-refractivity contribution in [1.29, 1.82) is 0 Å². The van der Waals surface area contributed by atoms with Crippen molar-refractivity contribution < 1.29 is 8.42 Å². The molecule has 1 fully saturated rings. The first-order valence-corrected chi connectivity index (χ1v) is 11.0. The molecule has 1 aromatic rings. The van der Waals surface area contributed by atoms with E-state index >= 15 is 0 Å². The molecule has 0 aromatic carbocycles. The summed E-state index contributed by atoms with van der Waals surface area (Å²) in [6.45, 7) is 5.59. The van der Waals surface area contributed by atoms with E-state index in [4.69, 9.17) is 0 Å². The van der Waals surface area contributed by atoms with Crippen LogP contribution in [0, 0.1) is 0 Å². The van der Waals surface area contributed by atoms with E-state index in [0.29, 0.717) is 19.1 Å². The summed E-state index contributed by atoms with van der Waals surface area (Å²) < 4.78 is 24.6. The van der Waals surface area contributed by atoms with Crippen LogP contribution in [0.15, 0.2) is 22.5 Å². The van der Waals surface area contributed by atoms with E-state index in [9.17, 15) is 8.42 Å². The third-order valence-electron chi connectivity index (χ3n) is 3.74. The minimum atomic E-state index is -3.15. The monoisotopic (exact) mass is 373 g/mol. The van der Waals surface area contributed by atoms with Gasteiger partial charge in [-0.15, -0.1) is 11.3 Å². The molecule has 136 valence electrons. The maximum absolute atomic E-state index is 11.1. The third kappa shape index (κ3) is 6.66. The summed E-state index contributed by atoms with van der Waals surface area (Å²) in [6, 6.07) is 4.64. The zero-order valence-electron chi connectivity index (χ0n) is 14.3. The fourth-order valence-corrected chi connectivity index (χ4v) is 3.85. The molecule has 0 bridgehead atoms. The van der Waals surface area contributed by atoms with Crippen molar-refractivity contribution in [2.75, 3.05) is 43.9 Å². The Kier molecular flexibility index (Phi) is 7.32. The molecule has 1 aliphatic rings. The molecule has 0 saturated carbocycles. The predicted octanol–water partition coefficient (Wildman–Crippen LogP) is 0.821. The molecule has 0 amide bonds. The highest BCUT2D eigenvalue weighted by Crippen LogP contribution is 2.24. The summed E-state index contributed by atoms with van der Waals surface area (Å²) in [4.78, 5) is 6.86. The lowest BCUT2D eigenvalue weighted by Crippen LogP contribution is -2.48. The van der Waals surface area contributed by atoms with Crippen LogP contribution >= 0.6 is 11.3 Å². The van der Waals surface area contributed by atoms with Crippen molar-refractivity contribution >= 4 is 32.3 Å². The van der Waals surface area contributed by atoms with Crippen molar-refractivity contribution in [2.45, 2.75) is 25.8 Å². The molecule has 0 unspecified atom stereocenters. The van der Waals surface area contributed by atoms with Gasteiger partial charge in [0.15, 0.2) is 5.96 Å². The maximum Gasteiger partial charge on any atom is 0.208 e. The molecule has 0 atom stereocenters. The van der Waals surface area contributed by atoms with Gasteiger partial charge in [0.2, 0.25) is 10.0 Å². The number of anilines is 1. The Morgan fingerprint density at radius 3 is 2.75 bits per heavy atom. The van der Waals surface area contributed by atoms with Crippen LogP contribution in [0.4, 0.5) is 5.00 Å². The van der Waals surface area contributed by atoms with Gasteiger partial charge in [0, 0.05) is 32.2 Å². The minimum Gasteiger partial charge on any atom is -0.363 e. The van der Waals surface area contributed by atoms with Gasteiger partial charge in [-0.1, -0.05) is 0 Å². The second kappa shape index (κ2) is 9.24. The van der Waals surface area contributed by atoms with E-state index in [-0.39, 0.29) is 0 Å². The second-order valence-corrected chi connectivity index (χ2v) is 8.54. The molecule has 2 rings (SSSR count). The smallest absolute Gasteiger partial charge is 0.208 e. The molecule has 1 aliphatic heterocycles. The summed E-state index contributed by atoms with van der Waals surface area (Å²) in [5.41, 5.74) is 0. The van der Waals surface area contributed by atoms with Gasteiger partial charge in [-0.25, -0.2) is 13.1 Å². The van der Waals surface area contributed by atoms with E-state index in [2.05, 4.69) is 42.8 Å². The Hall–Kier alpha value is -1.32. The van der Waals surface area contributed by atoms with Crippen LogP contribution in [0.2, 0.25) is 0 Å². The molecule has 9 heteroatoms. The highest BCUT2D eigenvalue weighted by atomic mass is 32.2. The molecular formula is C15H27N5O2S2.